The molecule has 5 nitrogen and oxygen atoms in total. The molecular weight excluding hydrogens is 500 g/mol. The maximum Gasteiger partial charge on any atom is 0.241 e. The summed E-state index contributed by atoms with van der Waals surface area (Å²) in [6, 6.07) is 22.1. The van der Waals surface area contributed by atoms with Crippen molar-refractivity contribution >= 4 is 37.5 Å². The van der Waals surface area contributed by atoms with E-state index >= 15 is 0 Å². The second-order valence-electron chi connectivity index (χ2n) is 8.49. The van der Waals surface area contributed by atoms with E-state index in [1.54, 1.807) is 24.3 Å². The van der Waals surface area contributed by atoms with Gasteiger partial charge in [0.25, 0.3) is 0 Å². The third-order valence-electron chi connectivity index (χ3n) is 6.02. The first kappa shape index (κ1) is 23.7. The van der Waals surface area contributed by atoms with Crippen LogP contribution in [-0.2, 0) is 27.7 Å². The summed E-state index contributed by atoms with van der Waals surface area (Å²) < 4.78 is 29.3. The number of carbonyl (C=O) groups is 1. The first-order valence-electron chi connectivity index (χ1n) is 11.0. The second-order valence-corrected chi connectivity index (χ2v) is 11.1. The number of halogens is 1. The highest BCUT2D eigenvalue weighted by molar-refractivity contribution is 9.10. The van der Waals surface area contributed by atoms with E-state index in [1.807, 2.05) is 54.3 Å². The highest BCUT2D eigenvalue weighted by Gasteiger charge is 2.30. The van der Waals surface area contributed by atoms with Crippen LogP contribution in [0.1, 0.15) is 43.0 Å². The zero-order valence-corrected chi connectivity index (χ0v) is 21.1. The third-order valence-corrected chi connectivity index (χ3v) is 8.07. The van der Waals surface area contributed by atoms with Crippen LogP contribution >= 0.6 is 15.9 Å². The van der Waals surface area contributed by atoms with Gasteiger partial charge in [0.05, 0.1) is 4.90 Å². The molecule has 0 bridgehead atoms. The molecule has 1 amide bonds. The topological polar surface area (TPSA) is 66.5 Å². The Morgan fingerprint density at radius 1 is 1.09 bits per heavy atom. The second kappa shape index (κ2) is 9.79. The monoisotopic (exact) mass is 526 g/mol. The van der Waals surface area contributed by atoms with E-state index in [-0.39, 0.29) is 22.9 Å². The van der Waals surface area contributed by atoms with Gasteiger partial charge in [-0.2, -0.15) is 0 Å². The predicted molar refractivity (Wildman–Crippen MR) is 135 cm³/mol. The Morgan fingerprint density at radius 2 is 1.79 bits per heavy atom. The smallest absolute Gasteiger partial charge is 0.241 e. The number of hydrogen-bond acceptors (Lipinski definition) is 3. The molecule has 0 saturated heterocycles. The summed E-state index contributed by atoms with van der Waals surface area (Å²) in [6.45, 7) is 3.89. The van der Waals surface area contributed by atoms with Crippen molar-refractivity contribution in [3.8, 4) is 0 Å². The summed E-state index contributed by atoms with van der Waals surface area (Å²) >= 11 is 3.50. The van der Waals surface area contributed by atoms with E-state index in [9.17, 15) is 13.2 Å². The van der Waals surface area contributed by atoms with Gasteiger partial charge < -0.3 is 4.90 Å². The molecule has 1 N–H and O–H groups in total. The highest BCUT2D eigenvalue weighted by Crippen LogP contribution is 2.34. The lowest BCUT2D eigenvalue weighted by molar-refractivity contribution is -0.118. The minimum atomic E-state index is -3.64. The van der Waals surface area contributed by atoms with Gasteiger partial charge in [0, 0.05) is 28.7 Å². The minimum Gasteiger partial charge on any atom is -0.309 e. The highest BCUT2D eigenvalue weighted by atomic mass is 79.9. The molecule has 2 atom stereocenters. The van der Waals surface area contributed by atoms with E-state index in [1.165, 1.54) is 5.56 Å². The molecular formula is C26H27BrN2O3S. The quantitative estimate of drug-likeness (QED) is 0.448. The van der Waals surface area contributed by atoms with Gasteiger partial charge in [-0.1, -0.05) is 58.4 Å². The average Bonchev–Trinajstić information content (AvgIpc) is 3.12. The average molecular weight is 527 g/mol. The summed E-state index contributed by atoms with van der Waals surface area (Å²) in [4.78, 5) is 15.1. The number of aryl methyl sites for hydroxylation is 1. The molecule has 0 saturated carbocycles. The van der Waals surface area contributed by atoms with E-state index in [0.29, 0.717) is 12.8 Å². The van der Waals surface area contributed by atoms with Crippen molar-refractivity contribution in [2.75, 3.05) is 4.90 Å². The molecule has 0 aliphatic carbocycles. The molecule has 0 spiro atoms. The van der Waals surface area contributed by atoms with Crippen LogP contribution in [0, 0.1) is 0 Å². The fourth-order valence-electron chi connectivity index (χ4n) is 4.30. The maximum atomic E-state index is 13.0. The Hall–Kier alpha value is -2.48. The Morgan fingerprint density at radius 3 is 2.48 bits per heavy atom. The van der Waals surface area contributed by atoms with Gasteiger partial charge in [-0.05, 0) is 73.7 Å². The Kier molecular flexibility index (Phi) is 7.02. The van der Waals surface area contributed by atoms with E-state index in [4.69, 9.17) is 0 Å². The van der Waals surface area contributed by atoms with Crippen molar-refractivity contribution in [2.45, 2.75) is 50.1 Å². The summed E-state index contributed by atoms with van der Waals surface area (Å²) in [6.07, 6.45) is 1.78. The van der Waals surface area contributed by atoms with Crippen molar-refractivity contribution in [3.05, 3.63) is 94.0 Å². The summed E-state index contributed by atoms with van der Waals surface area (Å²) in [5, 5.41) is 0. The van der Waals surface area contributed by atoms with Crippen molar-refractivity contribution in [2.24, 2.45) is 0 Å². The number of benzene rings is 3. The maximum absolute atomic E-state index is 13.0. The number of rotatable bonds is 7. The van der Waals surface area contributed by atoms with E-state index in [0.717, 1.165) is 27.7 Å². The molecule has 0 radical (unpaired) electrons. The number of anilines is 1. The van der Waals surface area contributed by atoms with Gasteiger partial charge in [-0.3, -0.25) is 4.79 Å². The molecule has 3 aromatic carbocycles. The first-order chi connectivity index (χ1) is 15.7. The van der Waals surface area contributed by atoms with Gasteiger partial charge in [-0.15, -0.1) is 0 Å². The summed E-state index contributed by atoms with van der Waals surface area (Å²) in [5.74, 6) is 0.0821. The van der Waals surface area contributed by atoms with Gasteiger partial charge in [-0.25, -0.2) is 13.1 Å². The van der Waals surface area contributed by atoms with Crippen LogP contribution in [0.15, 0.2) is 82.2 Å². The molecule has 3 aromatic rings. The number of carbonyl (C=O) groups excluding carboxylic acids is 1. The number of nitrogens with zero attached hydrogens (tertiary/aromatic N) is 1. The number of sulfonamides is 1. The van der Waals surface area contributed by atoms with Crippen molar-refractivity contribution < 1.29 is 13.2 Å². The molecule has 1 aliphatic heterocycles. The lowest BCUT2D eigenvalue weighted by Crippen LogP contribution is -2.35. The fourth-order valence-corrected chi connectivity index (χ4v) is 5.94. The number of hydrogen-bond donors (Lipinski definition) is 1. The van der Waals surface area contributed by atoms with Crippen LogP contribution in [0.25, 0.3) is 0 Å². The molecule has 172 valence electrons. The van der Waals surface area contributed by atoms with Gasteiger partial charge in [0.2, 0.25) is 15.9 Å². The van der Waals surface area contributed by atoms with Crippen molar-refractivity contribution in [1.82, 2.24) is 4.72 Å². The summed E-state index contributed by atoms with van der Waals surface area (Å²) in [7, 11) is -3.64. The number of nitrogens with one attached hydrogen (secondary N) is 1. The summed E-state index contributed by atoms with van der Waals surface area (Å²) in [5.41, 5.74) is 4.00. The zero-order valence-electron chi connectivity index (χ0n) is 18.7. The number of amides is 1. The van der Waals surface area contributed by atoms with Gasteiger partial charge >= 0.3 is 0 Å². The SMILES string of the molecule is C[C@H](NS(=O)(=O)c1ccc(CCC(=O)N2c3ccc(Br)cc3C[C@H]2C)cc1)c1ccccc1. The molecule has 4 rings (SSSR count). The van der Waals surface area contributed by atoms with Crippen LogP contribution in [0.5, 0.6) is 0 Å². The van der Waals surface area contributed by atoms with Gasteiger partial charge in [0.1, 0.15) is 0 Å². The Bertz CT molecular complexity index is 1240. The van der Waals surface area contributed by atoms with E-state index < -0.39 is 10.0 Å². The third kappa shape index (κ3) is 5.37. The van der Waals surface area contributed by atoms with E-state index in [2.05, 4.69) is 33.6 Å². The standard InChI is InChI=1S/C26H27BrN2O3S/c1-18-16-22-17-23(27)11-14-25(22)29(18)26(30)15-10-20-8-12-24(13-9-20)33(31,32)28-19(2)21-6-4-3-5-7-21/h3-9,11-14,17-19,28H,10,15-16H2,1-2H3/t18-,19+/m1/s1. The molecule has 1 aliphatic rings. The molecule has 0 aromatic heterocycles. The van der Waals surface area contributed by atoms with Crippen LogP contribution in [0.3, 0.4) is 0 Å². The van der Waals surface area contributed by atoms with Crippen LogP contribution in [-0.4, -0.2) is 20.4 Å². The van der Waals surface area contributed by atoms with Crippen LogP contribution < -0.4 is 9.62 Å². The lowest BCUT2D eigenvalue weighted by Gasteiger charge is -2.23. The van der Waals surface area contributed by atoms with Crippen molar-refractivity contribution in [1.29, 1.82) is 0 Å². The zero-order chi connectivity index (χ0) is 23.6. The fraction of sp³-hybridized carbons (Fsp3) is 0.269. The molecule has 1 heterocycles. The van der Waals surface area contributed by atoms with Crippen LogP contribution in [0.2, 0.25) is 0 Å². The number of fused-ring (bicyclic) bond motifs is 1. The minimum absolute atomic E-state index is 0.0821. The van der Waals surface area contributed by atoms with Crippen LogP contribution in [0.4, 0.5) is 5.69 Å². The van der Waals surface area contributed by atoms with Gasteiger partial charge in [0.15, 0.2) is 0 Å². The predicted octanol–water partition coefficient (Wildman–Crippen LogP) is 5.40. The Balaban J connectivity index is 1.38. The Labute approximate surface area is 204 Å². The normalized spacial score (nSPS) is 16.5. The first-order valence-corrected chi connectivity index (χ1v) is 13.3. The molecule has 0 fully saturated rings. The molecule has 0 unspecified atom stereocenters. The largest absolute Gasteiger partial charge is 0.309 e. The van der Waals surface area contributed by atoms with Crippen molar-refractivity contribution in [3.63, 3.8) is 0 Å². The molecule has 33 heavy (non-hydrogen) atoms. The molecule has 7 heteroatoms. The lowest BCUT2D eigenvalue weighted by atomic mass is 10.1.